The van der Waals surface area contributed by atoms with Crippen molar-refractivity contribution in [1.29, 1.82) is 0 Å². The molecule has 3 aromatic rings. The third kappa shape index (κ3) is 6.63. The SMILES string of the molecule is CCOc1cc(/C=N/NC(=O)[C@@H]2CC(=O)N(c3ccc(OC)cc3)C2)ccc1OCc1ccc(F)cc1. The molecule has 0 bridgehead atoms. The first-order valence-electron chi connectivity index (χ1n) is 11.9. The van der Waals surface area contributed by atoms with Crippen molar-refractivity contribution in [3.8, 4) is 17.2 Å². The fourth-order valence-corrected chi connectivity index (χ4v) is 3.89. The Bertz CT molecular complexity index is 1260. The second-order valence-electron chi connectivity index (χ2n) is 8.39. The van der Waals surface area contributed by atoms with E-state index in [1.165, 1.54) is 18.3 Å². The van der Waals surface area contributed by atoms with Gasteiger partial charge in [0.25, 0.3) is 0 Å². The molecule has 1 atom stereocenters. The number of hydrazone groups is 1. The van der Waals surface area contributed by atoms with Crippen LogP contribution in [0.25, 0.3) is 0 Å². The largest absolute Gasteiger partial charge is 0.497 e. The van der Waals surface area contributed by atoms with E-state index in [-0.39, 0.29) is 37.2 Å². The van der Waals surface area contributed by atoms with Gasteiger partial charge < -0.3 is 19.1 Å². The van der Waals surface area contributed by atoms with Gasteiger partial charge in [-0.05, 0) is 72.6 Å². The maximum Gasteiger partial charge on any atom is 0.245 e. The number of rotatable bonds is 10. The van der Waals surface area contributed by atoms with Crippen LogP contribution < -0.4 is 24.5 Å². The Morgan fingerprint density at radius 2 is 1.84 bits per heavy atom. The number of carbonyl (C=O) groups is 2. The van der Waals surface area contributed by atoms with Crippen molar-refractivity contribution in [2.24, 2.45) is 11.0 Å². The van der Waals surface area contributed by atoms with Crippen LogP contribution in [0, 0.1) is 11.7 Å². The average Bonchev–Trinajstić information content (AvgIpc) is 3.31. The highest BCUT2D eigenvalue weighted by atomic mass is 19.1. The van der Waals surface area contributed by atoms with Crippen molar-refractivity contribution in [2.75, 3.05) is 25.2 Å². The first kappa shape index (κ1) is 25.7. The van der Waals surface area contributed by atoms with Crippen molar-refractivity contribution in [3.05, 3.63) is 83.7 Å². The highest BCUT2D eigenvalue weighted by Gasteiger charge is 2.35. The molecule has 0 aliphatic carbocycles. The van der Waals surface area contributed by atoms with Gasteiger partial charge in [-0.15, -0.1) is 0 Å². The van der Waals surface area contributed by atoms with Gasteiger partial charge in [-0.25, -0.2) is 9.82 Å². The lowest BCUT2D eigenvalue weighted by Crippen LogP contribution is -2.30. The number of benzene rings is 3. The van der Waals surface area contributed by atoms with E-state index in [1.54, 1.807) is 66.6 Å². The predicted molar refractivity (Wildman–Crippen MR) is 138 cm³/mol. The molecule has 192 valence electrons. The van der Waals surface area contributed by atoms with E-state index in [9.17, 15) is 14.0 Å². The molecule has 37 heavy (non-hydrogen) atoms. The summed E-state index contributed by atoms with van der Waals surface area (Å²) in [7, 11) is 1.58. The summed E-state index contributed by atoms with van der Waals surface area (Å²) in [5.41, 5.74) is 4.77. The van der Waals surface area contributed by atoms with Crippen LogP contribution in [-0.2, 0) is 16.2 Å². The van der Waals surface area contributed by atoms with Crippen molar-refractivity contribution in [3.63, 3.8) is 0 Å². The summed E-state index contributed by atoms with van der Waals surface area (Å²) in [6.45, 7) is 2.84. The molecule has 1 heterocycles. The van der Waals surface area contributed by atoms with E-state index in [1.807, 2.05) is 6.92 Å². The Hall–Kier alpha value is -4.40. The van der Waals surface area contributed by atoms with E-state index in [0.717, 1.165) is 11.3 Å². The average molecular weight is 506 g/mol. The topological polar surface area (TPSA) is 89.5 Å². The minimum absolute atomic E-state index is 0.113. The highest BCUT2D eigenvalue weighted by molar-refractivity contribution is 6.00. The smallest absolute Gasteiger partial charge is 0.245 e. The number of amides is 2. The van der Waals surface area contributed by atoms with Crippen LogP contribution in [0.5, 0.6) is 17.2 Å². The molecule has 1 saturated heterocycles. The van der Waals surface area contributed by atoms with Gasteiger partial charge >= 0.3 is 0 Å². The lowest BCUT2D eigenvalue weighted by atomic mass is 10.1. The third-order valence-corrected chi connectivity index (χ3v) is 5.84. The molecule has 0 unspecified atom stereocenters. The molecule has 0 spiro atoms. The molecule has 4 rings (SSSR count). The molecule has 1 aliphatic heterocycles. The van der Waals surface area contributed by atoms with Gasteiger partial charge in [-0.1, -0.05) is 12.1 Å². The second-order valence-corrected chi connectivity index (χ2v) is 8.39. The summed E-state index contributed by atoms with van der Waals surface area (Å²) >= 11 is 0. The van der Waals surface area contributed by atoms with E-state index in [4.69, 9.17) is 14.2 Å². The van der Waals surface area contributed by atoms with E-state index >= 15 is 0 Å². The molecular formula is C28H28FN3O5. The van der Waals surface area contributed by atoms with Crippen LogP contribution >= 0.6 is 0 Å². The number of hydrogen-bond donors (Lipinski definition) is 1. The Labute approximate surface area is 214 Å². The number of anilines is 1. The van der Waals surface area contributed by atoms with Crippen molar-refractivity contribution in [1.82, 2.24) is 5.43 Å². The van der Waals surface area contributed by atoms with Crippen LogP contribution in [0.3, 0.4) is 0 Å². The fourth-order valence-electron chi connectivity index (χ4n) is 3.89. The number of halogens is 1. The Morgan fingerprint density at radius 3 is 2.54 bits per heavy atom. The molecular weight excluding hydrogens is 477 g/mol. The number of methoxy groups -OCH3 is 1. The summed E-state index contributed by atoms with van der Waals surface area (Å²) in [5.74, 6) is 0.499. The monoisotopic (exact) mass is 505 g/mol. The van der Waals surface area contributed by atoms with Gasteiger partial charge in [0.05, 0.1) is 25.8 Å². The minimum Gasteiger partial charge on any atom is -0.497 e. The second kappa shape index (κ2) is 12.0. The standard InChI is InChI=1S/C28H28FN3O5/c1-3-36-26-14-20(6-13-25(26)37-18-19-4-7-22(29)8-5-19)16-30-31-28(34)21-15-27(33)32(17-21)23-9-11-24(35-2)12-10-23/h4-14,16,21H,3,15,17-18H2,1-2H3,(H,31,34)/b30-16+/t21-/m1/s1. The van der Waals surface area contributed by atoms with Crippen LogP contribution in [0.4, 0.5) is 10.1 Å². The van der Waals surface area contributed by atoms with E-state index < -0.39 is 5.92 Å². The molecule has 3 aromatic carbocycles. The molecule has 1 N–H and O–H groups in total. The van der Waals surface area contributed by atoms with Crippen LogP contribution in [0.2, 0.25) is 0 Å². The van der Waals surface area contributed by atoms with Gasteiger partial charge in [0, 0.05) is 18.7 Å². The quantitative estimate of drug-likeness (QED) is 0.328. The maximum atomic E-state index is 13.1. The Morgan fingerprint density at radius 1 is 1.08 bits per heavy atom. The van der Waals surface area contributed by atoms with E-state index in [2.05, 4.69) is 10.5 Å². The first-order valence-corrected chi connectivity index (χ1v) is 11.9. The summed E-state index contributed by atoms with van der Waals surface area (Å²) in [6, 6.07) is 18.5. The van der Waals surface area contributed by atoms with Crippen molar-refractivity contribution in [2.45, 2.75) is 20.0 Å². The van der Waals surface area contributed by atoms with Crippen LogP contribution in [0.15, 0.2) is 71.8 Å². The van der Waals surface area contributed by atoms with Crippen LogP contribution in [-0.4, -0.2) is 38.3 Å². The van der Waals surface area contributed by atoms with Crippen molar-refractivity contribution >= 4 is 23.7 Å². The number of nitrogens with one attached hydrogen (secondary N) is 1. The third-order valence-electron chi connectivity index (χ3n) is 5.84. The summed E-state index contributed by atoms with van der Waals surface area (Å²) in [4.78, 5) is 26.7. The lowest BCUT2D eigenvalue weighted by molar-refractivity contribution is -0.126. The molecule has 0 saturated carbocycles. The zero-order valence-electron chi connectivity index (χ0n) is 20.6. The maximum absolute atomic E-state index is 13.1. The van der Waals surface area contributed by atoms with Crippen LogP contribution in [0.1, 0.15) is 24.5 Å². The van der Waals surface area contributed by atoms with Crippen molar-refractivity contribution < 1.29 is 28.2 Å². The highest BCUT2D eigenvalue weighted by Crippen LogP contribution is 2.29. The minimum atomic E-state index is -0.507. The number of ether oxygens (including phenoxy) is 3. The molecule has 8 nitrogen and oxygen atoms in total. The van der Waals surface area contributed by atoms with Gasteiger partial charge in [0.1, 0.15) is 18.2 Å². The zero-order chi connectivity index (χ0) is 26.2. The molecule has 0 aromatic heterocycles. The molecule has 1 aliphatic rings. The number of carbonyl (C=O) groups excluding carboxylic acids is 2. The summed E-state index contributed by atoms with van der Waals surface area (Å²) in [6.07, 6.45) is 1.62. The Kier molecular flexibility index (Phi) is 8.35. The normalized spacial score (nSPS) is 15.2. The van der Waals surface area contributed by atoms with Gasteiger partial charge in [-0.2, -0.15) is 5.10 Å². The number of hydrogen-bond acceptors (Lipinski definition) is 6. The van der Waals surface area contributed by atoms with Gasteiger partial charge in [-0.3, -0.25) is 9.59 Å². The molecule has 9 heteroatoms. The van der Waals surface area contributed by atoms with E-state index in [0.29, 0.717) is 29.4 Å². The fraction of sp³-hybridized carbons (Fsp3) is 0.250. The number of nitrogens with zero attached hydrogens (tertiary/aromatic N) is 2. The van der Waals surface area contributed by atoms with Gasteiger partial charge in [0.2, 0.25) is 11.8 Å². The summed E-state index contributed by atoms with van der Waals surface area (Å²) < 4.78 is 29.8. The lowest BCUT2D eigenvalue weighted by Gasteiger charge is -2.16. The molecule has 0 radical (unpaired) electrons. The Balaban J connectivity index is 1.34. The predicted octanol–water partition coefficient (Wildman–Crippen LogP) is 4.32. The molecule has 1 fully saturated rings. The first-order chi connectivity index (χ1) is 18.0. The molecule has 2 amide bonds. The summed E-state index contributed by atoms with van der Waals surface area (Å²) in [5, 5.41) is 4.06. The van der Waals surface area contributed by atoms with Gasteiger partial charge in [0.15, 0.2) is 11.5 Å². The zero-order valence-corrected chi connectivity index (χ0v) is 20.6.